The topological polar surface area (TPSA) is 27.1 Å². The molecule has 0 aliphatic heterocycles. The summed E-state index contributed by atoms with van der Waals surface area (Å²) in [5, 5.41) is -0.109. The van der Waals surface area contributed by atoms with Crippen molar-refractivity contribution in [2.75, 3.05) is 0 Å². The summed E-state index contributed by atoms with van der Waals surface area (Å²) in [7, 11) is 4.43. The van der Waals surface area contributed by atoms with Crippen LogP contribution in [0.2, 0.25) is 0 Å². The molecule has 0 aliphatic carbocycles. The van der Waals surface area contributed by atoms with Crippen LogP contribution in [-0.2, 0) is 4.65 Å². The fraction of sp³-hybridized carbons (Fsp3) is 0.588. The molecule has 2 rings (SSSR count). The van der Waals surface area contributed by atoms with E-state index in [1.807, 2.05) is 31.4 Å². The number of halogens is 1. The Balaban J connectivity index is 2.38. The molecule has 0 bridgehead atoms. The zero-order chi connectivity index (χ0) is 17.6. The SMILES string of the molecule is Cc1nc2c(F)cc([B]OC(C)(C)C(C)(C)P)cc2n1C(C)C. The van der Waals surface area contributed by atoms with Crippen molar-refractivity contribution < 1.29 is 9.04 Å². The molecule has 0 amide bonds. The summed E-state index contributed by atoms with van der Waals surface area (Å²) in [5.74, 6) is 0.501. The molecule has 0 aliphatic rings. The van der Waals surface area contributed by atoms with Gasteiger partial charge in [0.1, 0.15) is 11.3 Å². The summed E-state index contributed by atoms with van der Waals surface area (Å²) in [6, 6.07) is 3.63. The summed E-state index contributed by atoms with van der Waals surface area (Å²) in [6.07, 6.45) is 0. The van der Waals surface area contributed by atoms with Crippen molar-refractivity contribution in [1.29, 1.82) is 0 Å². The Morgan fingerprint density at radius 1 is 1.26 bits per heavy atom. The van der Waals surface area contributed by atoms with Crippen LogP contribution in [0.15, 0.2) is 12.1 Å². The molecular weight excluding hydrogens is 309 g/mol. The smallest absolute Gasteiger partial charge is 0.330 e. The highest BCUT2D eigenvalue weighted by Gasteiger charge is 2.33. The molecule has 1 atom stereocenters. The van der Waals surface area contributed by atoms with Crippen molar-refractivity contribution in [1.82, 2.24) is 9.55 Å². The van der Waals surface area contributed by atoms with Gasteiger partial charge in [-0.15, -0.1) is 9.24 Å². The molecule has 1 radical (unpaired) electrons. The maximum atomic E-state index is 14.4. The Morgan fingerprint density at radius 3 is 2.39 bits per heavy atom. The van der Waals surface area contributed by atoms with Crippen LogP contribution < -0.4 is 5.46 Å². The highest BCUT2D eigenvalue weighted by molar-refractivity contribution is 7.19. The minimum Gasteiger partial charge on any atom is -0.429 e. The predicted octanol–water partition coefficient (Wildman–Crippen LogP) is 3.76. The van der Waals surface area contributed by atoms with Crippen LogP contribution in [0.4, 0.5) is 4.39 Å². The maximum absolute atomic E-state index is 14.4. The molecule has 0 spiro atoms. The van der Waals surface area contributed by atoms with Gasteiger partial charge in [-0.2, -0.15) is 0 Å². The van der Waals surface area contributed by atoms with Gasteiger partial charge in [0.2, 0.25) is 0 Å². The van der Waals surface area contributed by atoms with Crippen LogP contribution in [0.25, 0.3) is 11.0 Å². The van der Waals surface area contributed by atoms with Gasteiger partial charge in [-0.05, 0) is 52.2 Å². The Morgan fingerprint density at radius 2 is 1.87 bits per heavy atom. The molecule has 3 nitrogen and oxygen atoms in total. The minimum absolute atomic E-state index is 0.109. The normalized spacial score (nSPS) is 13.1. The summed E-state index contributed by atoms with van der Waals surface area (Å²) in [6.45, 7) is 14.3. The van der Waals surface area contributed by atoms with Crippen LogP contribution in [0.5, 0.6) is 0 Å². The molecular formula is C17H26BFN2OP. The molecule has 125 valence electrons. The lowest BCUT2D eigenvalue weighted by Gasteiger charge is -2.39. The fourth-order valence-electron chi connectivity index (χ4n) is 2.38. The summed E-state index contributed by atoms with van der Waals surface area (Å²) < 4.78 is 22.4. The first kappa shape index (κ1) is 18.4. The van der Waals surface area contributed by atoms with E-state index in [1.165, 1.54) is 6.07 Å². The third-order valence-electron chi connectivity index (χ3n) is 4.51. The van der Waals surface area contributed by atoms with Gasteiger partial charge in [0, 0.05) is 11.2 Å². The standard InChI is InChI=1S/C17H26BFN2OP/c1-10(2)21-11(3)20-15-13(19)8-12(9-14(15)21)18-22-16(4,5)17(6,7)23/h8-10H,23H2,1-7H3. The van der Waals surface area contributed by atoms with Crippen molar-refractivity contribution in [3.05, 3.63) is 23.8 Å². The van der Waals surface area contributed by atoms with Crippen molar-refractivity contribution in [2.45, 2.75) is 65.3 Å². The summed E-state index contributed by atoms with van der Waals surface area (Å²) >= 11 is 0. The number of aryl methyl sites for hydroxylation is 1. The van der Waals surface area contributed by atoms with Gasteiger partial charge < -0.3 is 9.22 Å². The quantitative estimate of drug-likeness (QED) is 0.615. The van der Waals surface area contributed by atoms with Crippen LogP contribution >= 0.6 is 9.24 Å². The number of rotatable bonds is 5. The zero-order valence-electron chi connectivity index (χ0n) is 15.1. The third kappa shape index (κ3) is 3.61. The summed E-state index contributed by atoms with van der Waals surface area (Å²) in [4.78, 5) is 4.35. The van der Waals surface area contributed by atoms with Crippen LogP contribution in [0.3, 0.4) is 0 Å². The first-order chi connectivity index (χ1) is 10.4. The van der Waals surface area contributed by atoms with E-state index < -0.39 is 5.60 Å². The second kappa shape index (κ2) is 6.18. The van der Waals surface area contributed by atoms with Crippen LogP contribution in [0, 0.1) is 12.7 Å². The molecule has 6 heteroatoms. The lowest BCUT2D eigenvalue weighted by atomic mass is 9.83. The lowest BCUT2D eigenvalue weighted by molar-refractivity contribution is 0.0841. The Kier molecular flexibility index (Phi) is 4.95. The van der Waals surface area contributed by atoms with Crippen molar-refractivity contribution in [3.8, 4) is 0 Å². The molecule has 1 aromatic heterocycles. The monoisotopic (exact) mass is 335 g/mol. The minimum atomic E-state index is -0.392. The van der Waals surface area contributed by atoms with Gasteiger partial charge in [-0.3, -0.25) is 0 Å². The van der Waals surface area contributed by atoms with E-state index in [9.17, 15) is 4.39 Å². The van der Waals surface area contributed by atoms with E-state index in [2.05, 4.69) is 41.9 Å². The molecule has 0 fully saturated rings. The number of aromatic nitrogens is 2. The highest BCUT2D eigenvalue weighted by Crippen LogP contribution is 2.33. The number of hydrogen-bond donors (Lipinski definition) is 0. The van der Waals surface area contributed by atoms with Crippen LogP contribution in [-0.4, -0.2) is 27.8 Å². The van der Waals surface area contributed by atoms with E-state index in [0.29, 0.717) is 11.0 Å². The highest BCUT2D eigenvalue weighted by atomic mass is 31.0. The predicted molar refractivity (Wildman–Crippen MR) is 99.2 cm³/mol. The van der Waals surface area contributed by atoms with Crippen molar-refractivity contribution >= 4 is 33.2 Å². The number of nitrogens with zero attached hydrogens (tertiary/aromatic N) is 2. The number of imidazole rings is 1. The Bertz CT molecular complexity index is 719. The summed E-state index contributed by atoms with van der Waals surface area (Å²) in [5.41, 5.74) is 1.53. The third-order valence-corrected chi connectivity index (χ3v) is 5.20. The van der Waals surface area contributed by atoms with Gasteiger partial charge >= 0.3 is 7.48 Å². The molecule has 1 unspecified atom stereocenters. The second-order valence-electron chi connectivity index (χ2n) is 7.46. The largest absolute Gasteiger partial charge is 0.429 e. The number of benzene rings is 1. The second-order valence-corrected chi connectivity index (χ2v) is 8.90. The Labute approximate surface area is 141 Å². The number of hydrogen-bond acceptors (Lipinski definition) is 2. The lowest BCUT2D eigenvalue weighted by Crippen LogP contribution is -2.45. The fourth-order valence-corrected chi connectivity index (χ4v) is 2.44. The molecule has 1 aromatic carbocycles. The Hall–Kier alpha value is -0.925. The first-order valence-corrected chi connectivity index (χ1v) is 8.50. The van der Waals surface area contributed by atoms with E-state index in [-0.39, 0.29) is 17.0 Å². The molecule has 0 saturated carbocycles. The van der Waals surface area contributed by atoms with Gasteiger partial charge in [0.15, 0.2) is 5.82 Å². The average Bonchev–Trinajstić information content (AvgIpc) is 2.72. The van der Waals surface area contributed by atoms with Gasteiger partial charge in [-0.25, -0.2) is 9.37 Å². The van der Waals surface area contributed by atoms with E-state index >= 15 is 0 Å². The van der Waals surface area contributed by atoms with Gasteiger partial charge in [0.25, 0.3) is 0 Å². The number of fused-ring (bicyclic) bond motifs is 1. The van der Waals surface area contributed by atoms with E-state index in [1.54, 1.807) is 7.48 Å². The van der Waals surface area contributed by atoms with E-state index in [0.717, 1.165) is 11.3 Å². The first-order valence-electron chi connectivity index (χ1n) is 7.92. The molecule has 1 heterocycles. The molecule has 0 saturated heterocycles. The molecule has 2 aromatic rings. The van der Waals surface area contributed by atoms with Crippen LogP contribution in [0.1, 0.15) is 53.4 Å². The van der Waals surface area contributed by atoms with Crippen molar-refractivity contribution in [2.24, 2.45) is 0 Å². The van der Waals surface area contributed by atoms with Crippen molar-refractivity contribution in [3.63, 3.8) is 0 Å². The molecule has 0 N–H and O–H groups in total. The van der Waals surface area contributed by atoms with Gasteiger partial charge in [-0.1, -0.05) is 13.8 Å². The zero-order valence-corrected chi connectivity index (χ0v) is 16.2. The average molecular weight is 335 g/mol. The maximum Gasteiger partial charge on any atom is 0.330 e. The molecule has 23 heavy (non-hydrogen) atoms. The van der Waals surface area contributed by atoms with E-state index in [4.69, 9.17) is 4.65 Å². The van der Waals surface area contributed by atoms with Gasteiger partial charge in [0.05, 0.1) is 11.1 Å².